The molecule has 7 heteroatoms. The van der Waals surface area contributed by atoms with Crippen molar-refractivity contribution in [3.05, 3.63) is 48.7 Å². The Morgan fingerprint density at radius 2 is 2.14 bits per heavy atom. The van der Waals surface area contributed by atoms with Crippen LogP contribution in [0.3, 0.4) is 0 Å². The lowest BCUT2D eigenvalue weighted by atomic mass is 9.91. The largest absolute Gasteiger partial charge is 0.356 e. The zero-order chi connectivity index (χ0) is 20.4. The van der Waals surface area contributed by atoms with Gasteiger partial charge >= 0.3 is 0 Å². The minimum Gasteiger partial charge on any atom is -0.356 e. The number of anilines is 1. The number of carbonyl (C=O) groups excluding carboxylic acids is 3. The topological polar surface area (TPSA) is 101 Å². The summed E-state index contributed by atoms with van der Waals surface area (Å²) in [4.78, 5) is 36.1. The second kappa shape index (κ2) is 7.87. The van der Waals surface area contributed by atoms with Gasteiger partial charge in [-0.15, -0.1) is 6.58 Å². The Bertz CT molecular complexity index is 1130. The smallest absolute Gasteiger partial charge is 0.235 e. The van der Waals surface area contributed by atoms with Gasteiger partial charge in [-0.05, 0) is 42.8 Å². The standard InChI is InChI=1S/C22H21N3O4/c1-2-3-4-8-18(26)23-16-7-5-6-14-13(16)9-11-17-20(14)21(25-29-17)15-10-12-19(27)24-22(15)28/h2,5-7,9,11,15H,1,3-4,8,10,12H2,(H,23,26)(H,24,27,28). The number of carbonyl (C=O) groups is 3. The zero-order valence-corrected chi connectivity index (χ0v) is 15.9. The van der Waals surface area contributed by atoms with Crippen LogP contribution in [-0.4, -0.2) is 22.9 Å². The number of imide groups is 1. The van der Waals surface area contributed by atoms with E-state index in [-0.39, 0.29) is 24.1 Å². The number of hydrogen-bond donors (Lipinski definition) is 2. The van der Waals surface area contributed by atoms with E-state index in [1.165, 1.54) is 0 Å². The summed E-state index contributed by atoms with van der Waals surface area (Å²) in [5.74, 6) is -1.24. The normalized spacial score (nSPS) is 16.8. The van der Waals surface area contributed by atoms with Crippen molar-refractivity contribution in [3.63, 3.8) is 0 Å². The second-order valence-corrected chi connectivity index (χ2v) is 7.14. The molecule has 7 nitrogen and oxygen atoms in total. The van der Waals surface area contributed by atoms with Crippen molar-refractivity contribution < 1.29 is 18.9 Å². The third-order valence-electron chi connectivity index (χ3n) is 5.18. The maximum Gasteiger partial charge on any atom is 0.235 e. The van der Waals surface area contributed by atoms with Gasteiger partial charge in [0.1, 0.15) is 5.69 Å². The lowest BCUT2D eigenvalue weighted by Gasteiger charge is -2.19. The lowest BCUT2D eigenvalue weighted by Crippen LogP contribution is -2.39. The van der Waals surface area contributed by atoms with Crippen LogP contribution < -0.4 is 10.6 Å². The van der Waals surface area contributed by atoms with Crippen LogP contribution in [0.5, 0.6) is 0 Å². The van der Waals surface area contributed by atoms with E-state index in [0.29, 0.717) is 29.8 Å². The van der Waals surface area contributed by atoms with Crippen LogP contribution in [-0.2, 0) is 14.4 Å². The first-order valence-electron chi connectivity index (χ1n) is 9.64. The van der Waals surface area contributed by atoms with E-state index in [9.17, 15) is 14.4 Å². The molecular formula is C22H21N3O4. The van der Waals surface area contributed by atoms with Gasteiger partial charge in [0, 0.05) is 23.9 Å². The number of fused-ring (bicyclic) bond motifs is 3. The molecule has 29 heavy (non-hydrogen) atoms. The summed E-state index contributed by atoms with van der Waals surface area (Å²) in [6.07, 6.45) is 4.41. The molecular weight excluding hydrogens is 370 g/mol. The molecule has 2 N–H and O–H groups in total. The van der Waals surface area contributed by atoms with Crippen molar-refractivity contribution >= 4 is 45.2 Å². The van der Waals surface area contributed by atoms with Crippen LogP contribution in [0, 0.1) is 0 Å². The SMILES string of the molecule is C=CCCCC(=O)Nc1cccc2c1ccc1onc(C3CCC(=O)NC3=O)c12. The van der Waals surface area contributed by atoms with Crippen molar-refractivity contribution in [1.29, 1.82) is 0 Å². The van der Waals surface area contributed by atoms with Gasteiger partial charge in [-0.3, -0.25) is 19.7 Å². The van der Waals surface area contributed by atoms with Crippen LogP contribution in [0.15, 0.2) is 47.5 Å². The van der Waals surface area contributed by atoms with Crippen molar-refractivity contribution in [1.82, 2.24) is 10.5 Å². The number of amides is 3. The predicted octanol–water partition coefficient (Wildman–Crippen LogP) is 3.80. The molecule has 2 aromatic carbocycles. The number of piperidine rings is 1. The number of allylic oxidation sites excluding steroid dienone is 1. The molecule has 1 aliphatic heterocycles. The van der Waals surface area contributed by atoms with Gasteiger partial charge in [0.05, 0.1) is 11.3 Å². The van der Waals surface area contributed by atoms with Crippen LogP contribution in [0.2, 0.25) is 0 Å². The van der Waals surface area contributed by atoms with Gasteiger partial charge in [-0.1, -0.05) is 23.4 Å². The van der Waals surface area contributed by atoms with Gasteiger partial charge in [-0.25, -0.2) is 0 Å². The molecule has 1 aromatic heterocycles. The highest BCUT2D eigenvalue weighted by atomic mass is 16.5. The highest BCUT2D eigenvalue weighted by Gasteiger charge is 2.32. The number of unbranched alkanes of at least 4 members (excludes halogenated alkanes) is 1. The fourth-order valence-electron chi connectivity index (χ4n) is 3.74. The fraction of sp³-hybridized carbons (Fsp3) is 0.273. The van der Waals surface area contributed by atoms with Gasteiger partial charge in [0.2, 0.25) is 17.7 Å². The highest BCUT2D eigenvalue weighted by Crippen LogP contribution is 2.37. The van der Waals surface area contributed by atoms with Crippen LogP contribution in [0.1, 0.15) is 43.7 Å². The molecule has 1 saturated heterocycles. The monoisotopic (exact) mass is 391 g/mol. The Morgan fingerprint density at radius 1 is 1.28 bits per heavy atom. The minimum atomic E-state index is -0.545. The summed E-state index contributed by atoms with van der Waals surface area (Å²) in [6.45, 7) is 3.67. The summed E-state index contributed by atoms with van der Waals surface area (Å²) in [5, 5.41) is 11.9. The number of hydrogen-bond acceptors (Lipinski definition) is 5. The first-order valence-corrected chi connectivity index (χ1v) is 9.64. The number of benzene rings is 2. The Kier molecular flexibility index (Phi) is 5.12. The van der Waals surface area contributed by atoms with Gasteiger partial charge in [-0.2, -0.15) is 0 Å². The number of aromatic nitrogens is 1. The first-order chi connectivity index (χ1) is 14.1. The third-order valence-corrected chi connectivity index (χ3v) is 5.18. The molecule has 3 aromatic rings. The minimum absolute atomic E-state index is 0.0600. The lowest BCUT2D eigenvalue weighted by molar-refractivity contribution is -0.134. The molecule has 1 fully saturated rings. The fourth-order valence-corrected chi connectivity index (χ4v) is 3.74. The molecule has 148 valence electrons. The molecule has 1 atom stereocenters. The third kappa shape index (κ3) is 3.63. The van der Waals surface area contributed by atoms with Crippen molar-refractivity contribution in [2.75, 3.05) is 5.32 Å². The number of rotatable bonds is 6. The molecule has 4 rings (SSSR count). The summed E-state index contributed by atoms with van der Waals surface area (Å²) in [7, 11) is 0. The molecule has 2 heterocycles. The Labute approximate surface area is 167 Å². The van der Waals surface area contributed by atoms with Gasteiger partial charge in [0.25, 0.3) is 0 Å². The maximum atomic E-state index is 12.3. The van der Waals surface area contributed by atoms with Crippen molar-refractivity contribution in [2.45, 2.75) is 38.0 Å². The van der Waals surface area contributed by atoms with Crippen molar-refractivity contribution in [3.8, 4) is 0 Å². The summed E-state index contributed by atoms with van der Waals surface area (Å²) in [6, 6.07) is 9.27. The number of nitrogens with zero attached hydrogens (tertiary/aromatic N) is 1. The molecule has 0 radical (unpaired) electrons. The highest BCUT2D eigenvalue weighted by molar-refractivity contribution is 6.14. The molecule has 0 bridgehead atoms. The van der Waals surface area contributed by atoms with Crippen molar-refractivity contribution in [2.24, 2.45) is 0 Å². The quantitative estimate of drug-likeness (QED) is 0.378. The van der Waals surface area contributed by atoms with E-state index in [2.05, 4.69) is 22.4 Å². The molecule has 1 unspecified atom stereocenters. The summed E-state index contributed by atoms with van der Waals surface area (Å²) in [5.41, 5.74) is 1.78. The Balaban J connectivity index is 1.73. The second-order valence-electron chi connectivity index (χ2n) is 7.14. The van der Waals surface area contributed by atoms with E-state index in [1.807, 2.05) is 24.3 Å². The molecule has 0 spiro atoms. The van der Waals surface area contributed by atoms with Gasteiger partial charge < -0.3 is 9.84 Å². The molecule has 1 aliphatic rings. The summed E-state index contributed by atoms with van der Waals surface area (Å²) >= 11 is 0. The Hall–Kier alpha value is -3.48. The maximum absolute atomic E-state index is 12.3. The predicted molar refractivity (Wildman–Crippen MR) is 109 cm³/mol. The van der Waals surface area contributed by atoms with E-state index < -0.39 is 5.92 Å². The van der Waals surface area contributed by atoms with Gasteiger partial charge in [0.15, 0.2) is 5.58 Å². The van der Waals surface area contributed by atoms with E-state index in [0.717, 1.165) is 29.0 Å². The molecule has 0 aliphatic carbocycles. The zero-order valence-electron chi connectivity index (χ0n) is 15.9. The van der Waals surface area contributed by atoms with Crippen LogP contribution >= 0.6 is 0 Å². The van der Waals surface area contributed by atoms with Crippen LogP contribution in [0.25, 0.3) is 21.7 Å². The average molecular weight is 391 g/mol. The molecule has 3 amide bonds. The van der Waals surface area contributed by atoms with Crippen LogP contribution in [0.4, 0.5) is 5.69 Å². The van der Waals surface area contributed by atoms with E-state index >= 15 is 0 Å². The first kappa shape index (κ1) is 18.9. The number of nitrogens with one attached hydrogen (secondary N) is 2. The average Bonchev–Trinajstić information content (AvgIpc) is 3.13. The van der Waals surface area contributed by atoms with E-state index in [1.54, 1.807) is 12.1 Å². The Morgan fingerprint density at radius 3 is 2.93 bits per heavy atom. The summed E-state index contributed by atoms with van der Waals surface area (Å²) < 4.78 is 5.46. The van der Waals surface area contributed by atoms with E-state index in [4.69, 9.17) is 4.52 Å². The molecule has 0 saturated carbocycles.